The lowest BCUT2D eigenvalue weighted by molar-refractivity contribution is -0.136. The molecule has 9 heteroatoms. The molecule has 0 radical (unpaired) electrons. The van der Waals surface area contributed by atoms with E-state index >= 15 is 0 Å². The van der Waals surface area contributed by atoms with Crippen LogP contribution in [-0.4, -0.2) is 24.0 Å². The maximum Gasteiger partial charge on any atom is 0.345 e. The predicted molar refractivity (Wildman–Crippen MR) is 119 cm³/mol. The highest BCUT2D eigenvalue weighted by Crippen LogP contribution is 2.20. The minimum atomic E-state index is -0.957. The molecule has 0 saturated carbocycles. The van der Waals surface area contributed by atoms with Crippen LogP contribution in [0.25, 0.3) is 0 Å². The van der Waals surface area contributed by atoms with Crippen LogP contribution in [0.5, 0.6) is 5.75 Å². The maximum absolute atomic E-state index is 12.2. The molecule has 0 saturated heterocycles. The van der Waals surface area contributed by atoms with Crippen molar-refractivity contribution in [2.75, 3.05) is 5.32 Å². The molecule has 0 unspecified atom stereocenters. The Balaban J connectivity index is 1.53. The number of amides is 2. The fraction of sp³-hybridized carbons (Fsp3) is 0. The molecule has 0 aromatic heterocycles. The number of halogens is 2. The van der Waals surface area contributed by atoms with Gasteiger partial charge in [0.1, 0.15) is 5.75 Å². The fourth-order valence-electron chi connectivity index (χ4n) is 2.37. The number of nitrogens with zero attached hydrogens (tertiary/aromatic N) is 1. The van der Waals surface area contributed by atoms with Gasteiger partial charge < -0.3 is 10.1 Å². The molecule has 156 valence electrons. The second-order valence-electron chi connectivity index (χ2n) is 6.07. The van der Waals surface area contributed by atoms with Crippen molar-refractivity contribution in [2.24, 2.45) is 5.10 Å². The number of hydrogen-bond donors (Lipinski definition) is 2. The monoisotopic (exact) mass is 455 g/mol. The van der Waals surface area contributed by atoms with Gasteiger partial charge in [-0.1, -0.05) is 47.5 Å². The van der Waals surface area contributed by atoms with Crippen LogP contribution in [-0.2, 0) is 9.59 Å². The molecule has 7 nitrogen and oxygen atoms in total. The first-order chi connectivity index (χ1) is 14.9. The lowest BCUT2D eigenvalue weighted by Gasteiger charge is -2.06. The van der Waals surface area contributed by atoms with Gasteiger partial charge in [-0.15, -0.1) is 0 Å². The quantitative estimate of drug-likeness (QED) is 0.197. The first-order valence-electron chi connectivity index (χ1n) is 8.90. The zero-order chi connectivity index (χ0) is 22.2. The molecule has 0 aliphatic rings. The zero-order valence-electron chi connectivity index (χ0n) is 15.8. The summed E-state index contributed by atoms with van der Waals surface area (Å²) in [5, 5.41) is 6.72. The van der Waals surface area contributed by atoms with Gasteiger partial charge in [-0.2, -0.15) is 5.10 Å². The molecule has 2 N–H and O–H groups in total. The Labute approximate surface area is 187 Å². The Morgan fingerprint density at radius 3 is 2.13 bits per heavy atom. The fourth-order valence-corrected chi connectivity index (χ4v) is 2.76. The standard InChI is InChI=1S/C22H15Cl2N3O4/c23-17-6-2-1-5-16(17)22(30)31-15-11-9-14(10-12-15)13-25-27-21(29)20(28)26-19-8-4-3-7-18(19)24/h1-13H,(H,26,28)(H,27,29)/b25-13-. The van der Waals surface area contributed by atoms with Crippen LogP contribution in [0, 0.1) is 0 Å². The van der Waals surface area contributed by atoms with Crippen molar-refractivity contribution in [2.45, 2.75) is 0 Å². The van der Waals surface area contributed by atoms with E-state index in [1.54, 1.807) is 72.8 Å². The maximum atomic E-state index is 12.2. The van der Waals surface area contributed by atoms with Gasteiger partial charge in [0, 0.05) is 0 Å². The Hall–Kier alpha value is -3.68. The molecule has 0 heterocycles. The molecule has 3 rings (SSSR count). The Kier molecular flexibility index (Phi) is 7.37. The Morgan fingerprint density at radius 1 is 0.806 bits per heavy atom. The molecule has 31 heavy (non-hydrogen) atoms. The summed E-state index contributed by atoms with van der Waals surface area (Å²) < 4.78 is 5.28. The summed E-state index contributed by atoms with van der Waals surface area (Å²) in [6, 6.07) is 19.4. The number of ether oxygens (including phenoxy) is 1. The lowest BCUT2D eigenvalue weighted by atomic mass is 10.2. The van der Waals surface area contributed by atoms with Crippen LogP contribution >= 0.6 is 23.2 Å². The minimum absolute atomic E-state index is 0.257. The average molecular weight is 456 g/mol. The van der Waals surface area contributed by atoms with Crippen molar-refractivity contribution in [1.29, 1.82) is 0 Å². The van der Waals surface area contributed by atoms with E-state index in [2.05, 4.69) is 15.8 Å². The van der Waals surface area contributed by atoms with Crippen molar-refractivity contribution in [3.8, 4) is 5.75 Å². The number of para-hydroxylation sites is 1. The van der Waals surface area contributed by atoms with Crippen molar-refractivity contribution in [1.82, 2.24) is 5.43 Å². The predicted octanol–water partition coefficient (Wildman–Crippen LogP) is 4.30. The number of esters is 1. The second kappa shape index (κ2) is 10.4. The molecular formula is C22H15Cl2N3O4. The van der Waals surface area contributed by atoms with E-state index in [1.807, 2.05) is 0 Å². The van der Waals surface area contributed by atoms with Crippen LogP contribution in [0.3, 0.4) is 0 Å². The number of carbonyl (C=O) groups is 3. The van der Waals surface area contributed by atoms with Gasteiger partial charge in [0.15, 0.2) is 0 Å². The van der Waals surface area contributed by atoms with Gasteiger partial charge in [-0.05, 0) is 54.1 Å². The largest absolute Gasteiger partial charge is 0.423 e. The van der Waals surface area contributed by atoms with Crippen molar-refractivity contribution in [3.05, 3.63) is 94.0 Å². The average Bonchev–Trinajstić information content (AvgIpc) is 2.76. The number of rotatable bonds is 5. The van der Waals surface area contributed by atoms with E-state index in [-0.39, 0.29) is 5.56 Å². The van der Waals surface area contributed by atoms with E-state index in [1.165, 1.54) is 6.21 Å². The van der Waals surface area contributed by atoms with E-state index in [9.17, 15) is 14.4 Å². The van der Waals surface area contributed by atoms with Gasteiger partial charge in [0.25, 0.3) is 0 Å². The third kappa shape index (κ3) is 6.15. The highest BCUT2D eigenvalue weighted by Gasteiger charge is 2.14. The molecule has 0 atom stereocenters. The number of carbonyl (C=O) groups excluding carboxylic acids is 3. The Bertz CT molecular complexity index is 1150. The molecule has 0 fully saturated rings. The Morgan fingerprint density at radius 2 is 1.45 bits per heavy atom. The molecule has 0 aliphatic heterocycles. The van der Waals surface area contributed by atoms with Crippen LogP contribution in [0.1, 0.15) is 15.9 Å². The van der Waals surface area contributed by atoms with Crippen molar-refractivity contribution >= 4 is 52.9 Å². The highest BCUT2D eigenvalue weighted by atomic mass is 35.5. The van der Waals surface area contributed by atoms with E-state index in [4.69, 9.17) is 27.9 Å². The molecular weight excluding hydrogens is 441 g/mol. The topological polar surface area (TPSA) is 96.9 Å². The van der Waals surface area contributed by atoms with Crippen molar-refractivity contribution < 1.29 is 19.1 Å². The number of anilines is 1. The molecule has 3 aromatic carbocycles. The van der Waals surface area contributed by atoms with E-state index in [0.717, 1.165) is 0 Å². The highest BCUT2D eigenvalue weighted by molar-refractivity contribution is 6.41. The summed E-state index contributed by atoms with van der Waals surface area (Å²) in [5.41, 5.74) is 3.29. The molecule has 3 aromatic rings. The normalized spacial score (nSPS) is 10.5. The van der Waals surface area contributed by atoms with E-state index < -0.39 is 17.8 Å². The number of hydrazone groups is 1. The second-order valence-corrected chi connectivity index (χ2v) is 6.89. The smallest absolute Gasteiger partial charge is 0.345 e. The van der Waals surface area contributed by atoms with Crippen LogP contribution in [0.15, 0.2) is 77.9 Å². The molecule has 2 amide bonds. The first kappa shape index (κ1) is 22.0. The summed E-state index contributed by atoms with van der Waals surface area (Å²) in [6.45, 7) is 0. The minimum Gasteiger partial charge on any atom is -0.423 e. The molecule has 0 spiro atoms. The van der Waals surface area contributed by atoms with Gasteiger partial charge >= 0.3 is 17.8 Å². The lowest BCUT2D eigenvalue weighted by Crippen LogP contribution is -2.32. The van der Waals surface area contributed by atoms with Crippen molar-refractivity contribution in [3.63, 3.8) is 0 Å². The number of nitrogens with one attached hydrogen (secondary N) is 2. The molecule has 0 aliphatic carbocycles. The van der Waals surface area contributed by atoms with Crippen LogP contribution in [0.2, 0.25) is 10.0 Å². The summed E-state index contributed by atoms with van der Waals surface area (Å²) >= 11 is 11.9. The third-order valence-corrected chi connectivity index (χ3v) is 4.55. The summed E-state index contributed by atoms with van der Waals surface area (Å²) in [7, 11) is 0. The summed E-state index contributed by atoms with van der Waals surface area (Å²) in [5.74, 6) is -2.14. The van der Waals surface area contributed by atoms with Gasteiger partial charge in [0.05, 0.1) is 27.5 Å². The van der Waals surface area contributed by atoms with E-state index in [0.29, 0.717) is 27.0 Å². The van der Waals surface area contributed by atoms with Gasteiger partial charge in [-0.25, -0.2) is 10.2 Å². The first-order valence-corrected chi connectivity index (χ1v) is 9.65. The van der Waals surface area contributed by atoms with Gasteiger partial charge in [-0.3, -0.25) is 9.59 Å². The number of benzene rings is 3. The van der Waals surface area contributed by atoms with Crippen LogP contribution < -0.4 is 15.5 Å². The van der Waals surface area contributed by atoms with Crippen LogP contribution in [0.4, 0.5) is 5.69 Å². The number of hydrogen-bond acceptors (Lipinski definition) is 5. The zero-order valence-corrected chi connectivity index (χ0v) is 17.4. The summed E-state index contributed by atoms with van der Waals surface area (Å²) in [4.78, 5) is 35.9. The third-order valence-electron chi connectivity index (χ3n) is 3.89. The SMILES string of the molecule is O=C(N/N=C\c1ccc(OC(=O)c2ccccc2Cl)cc1)C(=O)Nc1ccccc1Cl. The van der Waals surface area contributed by atoms with Gasteiger partial charge in [0.2, 0.25) is 0 Å². The molecule has 0 bridgehead atoms. The summed E-state index contributed by atoms with van der Waals surface area (Å²) in [6.07, 6.45) is 1.33.